The molecule has 1 amide bonds. The van der Waals surface area contributed by atoms with Crippen LogP contribution in [0.15, 0.2) is 36.7 Å². The lowest BCUT2D eigenvalue weighted by Crippen LogP contribution is -2.44. The summed E-state index contributed by atoms with van der Waals surface area (Å²) in [6.45, 7) is 4.26. The predicted molar refractivity (Wildman–Crippen MR) is 108 cm³/mol. The van der Waals surface area contributed by atoms with Gasteiger partial charge in [0.25, 0.3) is 0 Å². The number of carbonyl (C=O) groups is 1. The minimum absolute atomic E-state index is 0.245. The van der Waals surface area contributed by atoms with Crippen LogP contribution in [-0.4, -0.2) is 65.5 Å². The van der Waals surface area contributed by atoms with Crippen molar-refractivity contribution in [1.82, 2.24) is 19.8 Å². The van der Waals surface area contributed by atoms with E-state index in [1.54, 1.807) is 13.3 Å². The van der Waals surface area contributed by atoms with Gasteiger partial charge in [0.15, 0.2) is 0 Å². The summed E-state index contributed by atoms with van der Waals surface area (Å²) in [5.41, 5.74) is 2.81. The van der Waals surface area contributed by atoms with Gasteiger partial charge < -0.3 is 9.64 Å². The molecule has 28 heavy (non-hydrogen) atoms. The number of hydrogen-bond donors (Lipinski definition) is 0. The van der Waals surface area contributed by atoms with E-state index in [4.69, 9.17) is 9.72 Å². The molecule has 3 heterocycles. The summed E-state index contributed by atoms with van der Waals surface area (Å²) >= 11 is 0. The van der Waals surface area contributed by atoms with Crippen molar-refractivity contribution >= 4 is 5.91 Å². The number of aromatic nitrogens is 2. The molecule has 2 saturated heterocycles. The molecule has 2 aliphatic rings. The second-order valence-corrected chi connectivity index (χ2v) is 7.72. The Labute approximate surface area is 166 Å². The van der Waals surface area contributed by atoms with E-state index in [-0.39, 0.29) is 11.8 Å². The lowest BCUT2D eigenvalue weighted by atomic mass is 9.94. The molecule has 0 spiro atoms. The average Bonchev–Trinajstić information content (AvgIpc) is 3.27. The summed E-state index contributed by atoms with van der Waals surface area (Å²) in [6, 6.07) is 7.87. The second-order valence-electron chi connectivity index (χ2n) is 7.72. The third-order valence-corrected chi connectivity index (χ3v) is 5.77. The Kier molecular flexibility index (Phi) is 5.86. The van der Waals surface area contributed by atoms with Crippen molar-refractivity contribution in [2.24, 2.45) is 0 Å². The number of nitrogens with zero attached hydrogens (tertiary/aromatic N) is 4. The van der Waals surface area contributed by atoms with Crippen LogP contribution in [0.25, 0.3) is 11.3 Å². The van der Waals surface area contributed by atoms with E-state index in [9.17, 15) is 4.79 Å². The largest absolute Gasteiger partial charge is 0.497 e. The zero-order valence-electron chi connectivity index (χ0n) is 16.5. The zero-order chi connectivity index (χ0) is 19.3. The Morgan fingerprint density at radius 1 is 1.18 bits per heavy atom. The van der Waals surface area contributed by atoms with Crippen molar-refractivity contribution in [1.29, 1.82) is 0 Å². The fourth-order valence-electron chi connectivity index (χ4n) is 4.18. The Balaban J connectivity index is 1.46. The first-order chi connectivity index (χ1) is 13.7. The maximum absolute atomic E-state index is 12.7. The minimum atomic E-state index is 0.245. The van der Waals surface area contributed by atoms with E-state index in [0.717, 1.165) is 61.7 Å². The third-order valence-electron chi connectivity index (χ3n) is 5.77. The molecule has 0 aliphatic carbocycles. The molecule has 148 valence electrons. The van der Waals surface area contributed by atoms with Crippen LogP contribution in [0.1, 0.15) is 37.3 Å². The molecule has 2 aromatic rings. The first-order valence-corrected chi connectivity index (χ1v) is 10.2. The first kappa shape index (κ1) is 18.9. The van der Waals surface area contributed by atoms with Crippen molar-refractivity contribution in [3.05, 3.63) is 42.4 Å². The maximum Gasteiger partial charge on any atom is 0.236 e. The Hall–Kier alpha value is -2.47. The van der Waals surface area contributed by atoms with Gasteiger partial charge in [0.05, 0.1) is 31.2 Å². The molecule has 0 N–H and O–H groups in total. The van der Waals surface area contributed by atoms with Crippen molar-refractivity contribution in [2.75, 3.05) is 39.8 Å². The molecule has 1 aromatic carbocycles. The van der Waals surface area contributed by atoms with Crippen molar-refractivity contribution in [2.45, 2.75) is 31.6 Å². The Bertz CT molecular complexity index is 820. The highest BCUT2D eigenvalue weighted by atomic mass is 16.5. The van der Waals surface area contributed by atoms with Crippen LogP contribution in [0, 0.1) is 0 Å². The van der Waals surface area contributed by atoms with Gasteiger partial charge in [0.1, 0.15) is 5.75 Å². The number of hydrogen-bond acceptors (Lipinski definition) is 5. The number of methoxy groups -OCH3 is 1. The van der Waals surface area contributed by atoms with Crippen LogP contribution < -0.4 is 4.74 Å². The number of amides is 1. The van der Waals surface area contributed by atoms with E-state index in [1.165, 1.54) is 12.8 Å². The van der Waals surface area contributed by atoms with Crippen molar-refractivity contribution in [3.63, 3.8) is 0 Å². The zero-order valence-corrected chi connectivity index (χ0v) is 16.5. The average molecular weight is 380 g/mol. The van der Waals surface area contributed by atoms with Gasteiger partial charge in [-0.1, -0.05) is 12.1 Å². The summed E-state index contributed by atoms with van der Waals surface area (Å²) < 4.78 is 5.32. The quantitative estimate of drug-likeness (QED) is 0.798. The van der Waals surface area contributed by atoms with Crippen LogP contribution in [0.5, 0.6) is 5.75 Å². The molecule has 0 bridgehead atoms. The topological polar surface area (TPSA) is 58.6 Å². The third kappa shape index (κ3) is 4.33. The summed E-state index contributed by atoms with van der Waals surface area (Å²) in [6.07, 6.45) is 8.12. The van der Waals surface area contributed by atoms with Crippen LogP contribution in [0.4, 0.5) is 0 Å². The van der Waals surface area contributed by atoms with Crippen LogP contribution >= 0.6 is 0 Å². The molecule has 4 rings (SSSR count). The van der Waals surface area contributed by atoms with Crippen molar-refractivity contribution in [3.8, 4) is 17.0 Å². The SMILES string of the molecule is COc1cccc(-c2cncc([C@@H]3CCCN(C(=O)CN4CCCC4)C3)n2)c1. The normalized spacial score (nSPS) is 20.3. The molecule has 0 radical (unpaired) electrons. The molecule has 0 saturated carbocycles. The lowest BCUT2D eigenvalue weighted by molar-refractivity contribution is -0.133. The second kappa shape index (κ2) is 8.69. The van der Waals surface area contributed by atoms with E-state index in [2.05, 4.69) is 9.88 Å². The fourth-order valence-corrected chi connectivity index (χ4v) is 4.18. The van der Waals surface area contributed by atoms with Crippen LogP contribution in [0.3, 0.4) is 0 Å². The standard InChI is InChI=1S/C22H28N4O2/c1-28-19-8-4-6-17(12-19)20-13-23-14-21(24-20)18-7-5-11-26(15-18)22(27)16-25-9-2-3-10-25/h4,6,8,12-14,18H,2-3,5,7,9-11,15-16H2,1H3/t18-/m1/s1. The number of likely N-dealkylation sites (tertiary alicyclic amines) is 2. The number of rotatable bonds is 5. The molecule has 1 atom stereocenters. The van der Waals surface area contributed by atoms with Crippen LogP contribution in [0.2, 0.25) is 0 Å². The number of piperidine rings is 1. The summed E-state index contributed by atoms with van der Waals surface area (Å²) in [5, 5.41) is 0. The molecule has 2 fully saturated rings. The van der Waals surface area contributed by atoms with Gasteiger partial charge in [-0.2, -0.15) is 0 Å². The fraction of sp³-hybridized carbons (Fsp3) is 0.500. The van der Waals surface area contributed by atoms with E-state index >= 15 is 0 Å². The van der Waals surface area contributed by atoms with Gasteiger partial charge in [-0.15, -0.1) is 0 Å². The van der Waals surface area contributed by atoms with Crippen LogP contribution in [-0.2, 0) is 4.79 Å². The number of benzene rings is 1. The molecule has 6 heteroatoms. The monoisotopic (exact) mass is 380 g/mol. The highest BCUT2D eigenvalue weighted by molar-refractivity contribution is 5.78. The highest BCUT2D eigenvalue weighted by Gasteiger charge is 2.27. The molecular weight excluding hydrogens is 352 g/mol. The van der Waals surface area contributed by atoms with Gasteiger partial charge >= 0.3 is 0 Å². The maximum atomic E-state index is 12.7. The first-order valence-electron chi connectivity index (χ1n) is 10.2. The Morgan fingerprint density at radius 3 is 2.86 bits per heavy atom. The van der Waals surface area contributed by atoms with Gasteiger partial charge in [-0.3, -0.25) is 14.7 Å². The summed E-state index contributed by atoms with van der Waals surface area (Å²) in [7, 11) is 1.66. The lowest BCUT2D eigenvalue weighted by Gasteiger charge is -2.33. The van der Waals surface area contributed by atoms with Gasteiger partial charge in [-0.25, -0.2) is 4.98 Å². The smallest absolute Gasteiger partial charge is 0.236 e. The predicted octanol–water partition coefficient (Wildman–Crippen LogP) is 2.95. The van der Waals surface area contributed by atoms with E-state index in [1.807, 2.05) is 35.4 Å². The minimum Gasteiger partial charge on any atom is -0.497 e. The van der Waals surface area contributed by atoms with Gasteiger partial charge in [-0.05, 0) is 50.9 Å². The number of carbonyl (C=O) groups excluding carboxylic acids is 1. The molecule has 2 aliphatic heterocycles. The van der Waals surface area contributed by atoms with E-state index in [0.29, 0.717) is 6.54 Å². The molecule has 6 nitrogen and oxygen atoms in total. The molecule has 1 aromatic heterocycles. The summed E-state index contributed by atoms with van der Waals surface area (Å²) in [5.74, 6) is 1.30. The van der Waals surface area contributed by atoms with Crippen molar-refractivity contribution < 1.29 is 9.53 Å². The molecular formula is C22H28N4O2. The highest BCUT2D eigenvalue weighted by Crippen LogP contribution is 2.28. The number of ether oxygens (including phenoxy) is 1. The van der Waals surface area contributed by atoms with Gasteiger partial charge in [0.2, 0.25) is 5.91 Å². The molecule has 0 unspecified atom stereocenters. The van der Waals surface area contributed by atoms with E-state index < -0.39 is 0 Å². The Morgan fingerprint density at radius 2 is 2.04 bits per heavy atom. The van der Waals surface area contributed by atoms with Gasteiger partial charge in [0, 0.05) is 30.8 Å². The summed E-state index contributed by atoms with van der Waals surface area (Å²) in [4.78, 5) is 26.3.